The number of aliphatic hydroxyl groups is 1. The van der Waals surface area contributed by atoms with Crippen molar-refractivity contribution >= 4 is 23.9 Å². The average molecular weight is 633 g/mol. The van der Waals surface area contributed by atoms with Crippen molar-refractivity contribution < 1.29 is 57.4 Å². The van der Waals surface area contributed by atoms with E-state index in [9.17, 15) is 24.3 Å². The van der Waals surface area contributed by atoms with E-state index in [2.05, 4.69) is 0 Å². The van der Waals surface area contributed by atoms with E-state index in [-0.39, 0.29) is 92.8 Å². The molecule has 8 aliphatic rings. The summed E-state index contributed by atoms with van der Waals surface area (Å²) < 4.78 is 40.9. The van der Waals surface area contributed by atoms with E-state index < -0.39 is 41.1 Å². The fraction of sp³-hybridized carbons (Fsp3) is 0.879. The number of ether oxygens (including phenoxy) is 7. The third-order valence-electron chi connectivity index (χ3n) is 12.2. The molecule has 248 valence electrons. The van der Waals surface area contributed by atoms with Gasteiger partial charge >= 0.3 is 23.9 Å². The van der Waals surface area contributed by atoms with Gasteiger partial charge in [-0.3, -0.25) is 19.2 Å². The van der Waals surface area contributed by atoms with Gasteiger partial charge in [-0.1, -0.05) is 0 Å². The molecule has 1 spiro atoms. The van der Waals surface area contributed by atoms with E-state index in [1.54, 1.807) is 0 Å². The molecule has 12 atom stereocenters. The Labute approximate surface area is 262 Å². The predicted octanol–water partition coefficient (Wildman–Crippen LogP) is 1.87. The Morgan fingerprint density at radius 2 is 1.16 bits per heavy atom. The van der Waals surface area contributed by atoms with Crippen LogP contribution in [-0.4, -0.2) is 98.1 Å². The molecule has 0 radical (unpaired) electrons. The fourth-order valence-corrected chi connectivity index (χ4v) is 9.53. The molecule has 0 aromatic carbocycles. The molecule has 12 unspecified atom stereocenters. The van der Waals surface area contributed by atoms with Crippen LogP contribution in [0.15, 0.2) is 0 Å². The van der Waals surface area contributed by atoms with Crippen molar-refractivity contribution in [1.82, 2.24) is 0 Å². The third kappa shape index (κ3) is 5.57. The van der Waals surface area contributed by atoms with Gasteiger partial charge < -0.3 is 38.3 Å². The van der Waals surface area contributed by atoms with Crippen LogP contribution >= 0.6 is 0 Å². The molecule has 8 rings (SSSR count). The summed E-state index contributed by atoms with van der Waals surface area (Å²) in [4.78, 5) is 55.1. The minimum atomic E-state index is -1.85. The van der Waals surface area contributed by atoms with Crippen LogP contribution in [0.2, 0.25) is 0 Å². The van der Waals surface area contributed by atoms with Crippen LogP contribution in [0.1, 0.15) is 70.6 Å². The Morgan fingerprint density at radius 3 is 1.71 bits per heavy atom. The van der Waals surface area contributed by atoms with Crippen molar-refractivity contribution in [3.63, 3.8) is 0 Å². The van der Waals surface area contributed by atoms with Crippen molar-refractivity contribution in [2.24, 2.45) is 40.9 Å². The van der Waals surface area contributed by atoms with E-state index in [0.717, 1.165) is 44.9 Å². The van der Waals surface area contributed by atoms with Crippen molar-refractivity contribution in [3.8, 4) is 0 Å². The number of hydrogen-bond donors (Lipinski definition) is 1. The minimum absolute atomic E-state index is 0.0106. The monoisotopic (exact) mass is 632 g/mol. The number of carbonyl (C=O) groups is 4. The van der Waals surface area contributed by atoms with Crippen LogP contribution < -0.4 is 0 Å². The molecule has 12 heteroatoms. The molecule has 4 saturated heterocycles. The first kappa shape index (κ1) is 30.1. The lowest BCUT2D eigenvalue weighted by Crippen LogP contribution is -2.55. The summed E-state index contributed by atoms with van der Waals surface area (Å²) in [6, 6.07) is 0. The first-order chi connectivity index (χ1) is 21.8. The maximum absolute atomic E-state index is 13.9. The number of aliphatic hydroxyl groups excluding tert-OH is 1. The van der Waals surface area contributed by atoms with Gasteiger partial charge in [0, 0.05) is 17.3 Å². The van der Waals surface area contributed by atoms with E-state index in [1.807, 2.05) is 0 Å². The number of epoxide rings is 3. The fourth-order valence-electron chi connectivity index (χ4n) is 9.53. The van der Waals surface area contributed by atoms with Crippen LogP contribution in [0, 0.1) is 40.9 Å². The lowest BCUT2D eigenvalue weighted by molar-refractivity contribution is -0.181. The molecule has 4 aliphatic heterocycles. The number of esters is 4. The molecule has 1 N–H and O–H groups in total. The highest BCUT2D eigenvalue weighted by atomic mass is 16.6. The van der Waals surface area contributed by atoms with Crippen LogP contribution in [0.25, 0.3) is 0 Å². The molecule has 8 fully saturated rings. The lowest BCUT2D eigenvalue weighted by Gasteiger charge is -2.48. The first-order valence-electron chi connectivity index (χ1n) is 17.1. The highest BCUT2D eigenvalue weighted by Gasteiger charge is 2.74. The number of hydrogen-bond acceptors (Lipinski definition) is 12. The van der Waals surface area contributed by atoms with Gasteiger partial charge in [0.05, 0.1) is 69.2 Å². The third-order valence-corrected chi connectivity index (χ3v) is 12.2. The minimum Gasteiger partial charge on any atom is -0.465 e. The second-order valence-electron chi connectivity index (χ2n) is 14.8. The molecule has 0 aromatic rings. The molecule has 0 amide bonds. The zero-order valence-corrected chi connectivity index (χ0v) is 25.6. The number of rotatable bonds is 6. The molecule has 4 heterocycles. The summed E-state index contributed by atoms with van der Waals surface area (Å²) in [6.07, 6.45) is 8.42. The summed E-state index contributed by atoms with van der Waals surface area (Å²) >= 11 is 0. The second kappa shape index (κ2) is 11.8. The molecule has 45 heavy (non-hydrogen) atoms. The van der Waals surface area contributed by atoms with Crippen molar-refractivity contribution in [2.45, 2.75) is 113 Å². The van der Waals surface area contributed by atoms with Gasteiger partial charge in [-0.2, -0.15) is 0 Å². The van der Waals surface area contributed by atoms with Gasteiger partial charge in [0.2, 0.25) is 0 Å². The number of carbonyl (C=O) groups excluding carboxylic acids is 4. The summed E-state index contributed by atoms with van der Waals surface area (Å²) in [6.45, 7) is 0.136. The van der Waals surface area contributed by atoms with Gasteiger partial charge in [-0.25, -0.2) is 0 Å². The summed E-state index contributed by atoms with van der Waals surface area (Å²) in [5, 5.41) is 9.86. The van der Waals surface area contributed by atoms with Gasteiger partial charge in [0.15, 0.2) is 11.8 Å². The first-order valence-corrected chi connectivity index (χ1v) is 17.1. The Balaban J connectivity index is 1.04. The van der Waals surface area contributed by atoms with Gasteiger partial charge in [0.1, 0.15) is 0 Å². The Bertz CT molecular complexity index is 1180. The molecule has 0 bridgehead atoms. The number of cyclic esters (lactones) is 2. The molecule has 12 nitrogen and oxygen atoms in total. The standard InChI is InChI=1S/C33H44O12/c34-20-6-1-16(2-7-20)12-39-29(35)25-26(30(36)40-13-17-3-8-21-24(11-17)43-21)32(38)42-15-19-5-10-23-28(45-23)33(19)18(14-41-31(25)37)4-9-22-27(33)44-22/h16-28,34H,1-15H2. The molecular weight excluding hydrogens is 588 g/mol. The highest BCUT2D eigenvalue weighted by Crippen LogP contribution is 2.66. The highest BCUT2D eigenvalue weighted by molar-refractivity contribution is 6.07. The zero-order valence-electron chi connectivity index (χ0n) is 25.6. The van der Waals surface area contributed by atoms with Gasteiger partial charge in [-0.15, -0.1) is 0 Å². The average Bonchev–Trinajstić information content (AvgIpc) is 3.91. The van der Waals surface area contributed by atoms with Crippen LogP contribution in [-0.2, 0) is 52.3 Å². The van der Waals surface area contributed by atoms with Gasteiger partial charge in [-0.05, 0) is 82.5 Å². The van der Waals surface area contributed by atoms with Gasteiger partial charge in [0.25, 0.3) is 0 Å². The van der Waals surface area contributed by atoms with Crippen LogP contribution in [0.5, 0.6) is 0 Å². The predicted molar refractivity (Wildman–Crippen MR) is 150 cm³/mol. The van der Waals surface area contributed by atoms with Crippen molar-refractivity contribution in [1.29, 1.82) is 0 Å². The smallest absolute Gasteiger partial charge is 0.321 e. The largest absolute Gasteiger partial charge is 0.465 e. The van der Waals surface area contributed by atoms with E-state index >= 15 is 0 Å². The molecule has 4 saturated carbocycles. The SMILES string of the molecule is O=C(OCC1CCC(O)CC1)C1C(=O)OCC2CCC3OC3C23C(CCC2OC23)COC(=O)C1C(=O)OCC1CCC2OC2C1. The summed E-state index contributed by atoms with van der Waals surface area (Å²) in [5.41, 5.74) is -0.460. The quantitative estimate of drug-likeness (QED) is 0.196. The van der Waals surface area contributed by atoms with E-state index in [4.69, 9.17) is 33.2 Å². The van der Waals surface area contributed by atoms with Crippen LogP contribution in [0.3, 0.4) is 0 Å². The van der Waals surface area contributed by atoms with Crippen molar-refractivity contribution in [3.05, 3.63) is 0 Å². The Hall–Kier alpha value is -2.28. The molecule has 0 aromatic heterocycles. The molecular formula is C33H44O12. The Morgan fingerprint density at radius 1 is 0.644 bits per heavy atom. The number of fused-ring (bicyclic) bond motifs is 3. The van der Waals surface area contributed by atoms with Crippen LogP contribution in [0.4, 0.5) is 0 Å². The lowest BCUT2D eigenvalue weighted by atomic mass is 9.54. The zero-order chi connectivity index (χ0) is 30.9. The topological polar surface area (TPSA) is 163 Å². The maximum atomic E-state index is 13.9. The molecule has 4 aliphatic carbocycles. The Kier molecular flexibility index (Phi) is 7.86. The second-order valence-corrected chi connectivity index (χ2v) is 14.8. The summed E-state index contributed by atoms with van der Waals surface area (Å²) in [5.74, 6) is -7.76. The van der Waals surface area contributed by atoms with E-state index in [1.165, 1.54) is 0 Å². The van der Waals surface area contributed by atoms with Crippen molar-refractivity contribution in [2.75, 3.05) is 26.4 Å². The summed E-state index contributed by atoms with van der Waals surface area (Å²) in [7, 11) is 0. The van der Waals surface area contributed by atoms with E-state index in [0.29, 0.717) is 25.7 Å². The normalized spacial score (nSPS) is 48.2. The maximum Gasteiger partial charge on any atom is 0.321 e.